The van der Waals surface area contributed by atoms with E-state index in [1.54, 1.807) is 0 Å². The lowest BCUT2D eigenvalue weighted by Crippen LogP contribution is -2.22. The Morgan fingerprint density at radius 3 is 2.48 bits per heavy atom. The minimum atomic E-state index is -0.758. The van der Waals surface area contributed by atoms with E-state index in [1.165, 1.54) is 0 Å². The van der Waals surface area contributed by atoms with Gasteiger partial charge in [0.25, 0.3) is 0 Å². The van der Waals surface area contributed by atoms with Gasteiger partial charge in [-0.15, -0.1) is 0 Å². The molecule has 1 saturated carbocycles. The van der Waals surface area contributed by atoms with Crippen LogP contribution in [0.5, 0.6) is 0 Å². The van der Waals surface area contributed by atoms with E-state index in [2.05, 4.69) is 6.92 Å². The van der Waals surface area contributed by atoms with Gasteiger partial charge < -0.3 is 15.3 Å². The maximum Gasteiger partial charge on any atom is 0.303 e. The van der Waals surface area contributed by atoms with Crippen LogP contribution in [0, 0.1) is 11.8 Å². The fraction of sp³-hybridized carbons (Fsp3) is 0.900. The van der Waals surface area contributed by atoms with Crippen molar-refractivity contribution in [3.63, 3.8) is 0 Å². The van der Waals surface area contributed by atoms with Gasteiger partial charge in [0.2, 0.25) is 0 Å². The number of Topliss-reactive ketones (excluding diaryl/α,β-unsaturated/α-hetero) is 1. The molecular formula is C20H36O5. The molecule has 0 bridgehead atoms. The third kappa shape index (κ3) is 8.82. The van der Waals surface area contributed by atoms with E-state index in [4.69, 9.17) is 5.11 Å². The Balaban J connectivity index is 2.30. The van der Waals surface area contributed by atoms with Crippen molar-refractivity contribution in [2.75, 3.05) is 0 Å². The lowest BCUT2D eigenvalue weighted by Gasteiger charge is -2.22. The molecule has 1 rings (SSSR count). The number of aliphatic carboxylic acids is 1. The number of hydrogen-bond acceptors (Lipinski definition) is 4. The Kier molecular flexibility index (Phi) is 11.0. The van der Waals surface area contributed by atoms with Crippen LogP contribution in [0.3, 0.4) is 0 Å². The van der Waals surface area contributed by atoms with E-state index in [0.717, 1.165) is 51.4 Å². The first-order valence-corrected chi connectivity index (χ1v) is 10.1. The number of carboxylic acid groups (broad SMARTS) is 1. The van der Waals surface area contributed by atoms with Crippen LogP contribution in [0.4, 0.5) is 0 Å². The number of carbonyl (C=O) groups excluding carboxylic acids is 1. The molecule has 5 heteroatoms. The Labute approximate surface area is 151 Å². The Morgan fingerprint density at radius 2 is 1.80 bits per heavy atom. The number of aliphatic hydroxyl groups is 2. The largest absolute Gasteiger partial charge is 0.481 e. The molecule has 0 radical (unpaired) electrons. The average molecular weight is 357 g/mol. The first kappa shape index (κ1) is 22.1. The molecule has 0 aromatic rings. The number of aliphatic hydroxyl groups excluding tert-OH is 2. The average Bonchev–Trinajstić information content (AvgIpc) is 2.82. The molecule has 146 valence electrons. The van der Waals surface area contributed by atoms with Crippen molar-refractivity contribution in [2.24, 2.45) is 11.8 Å². The van der Waals surface area contributed by atoms with Gasteiger partial charge in [0.1, 0.15) is 5.78 Å². The molecule has 1 aliphatic rings. The summed E-state index contributed by atoms with van der Waals surface area (Å²) in [7, 11) is 0. The summed E-state index contributed by atoms with van der Waals surface area (Å²) in [5.41, 5.74) is 0. The van der Waals surface area contributed by atoms with Gasteiger partial charge in [-0.3, -0.25) is 9.59 Å². The summed E-state index contributed by atoms with van der Waals surface area (Å²) in [6.07, 6.45) is 9.21. The van der Waals surface area contributed by atoms with E-state index < -0.39 is 12.1 Å². The van der Waals surface area contributed by atoms with Gasteiger partial charge in [-0.05, 0) is 38.0 Å². The fourth-order valence-electron chi connectivity index (χ4n) is 3.94. The van der Waals surface area contributed by atoms with Gasteiger partial charge in [-0.25, -0.2) is 0 Å². The quantitative estimate of drug-likeness (QED) is 0.413. The molecule has 0 spiro atoms. The Morgan fingerprint density at radius 1 is 1.08 bits per heavy atom. The second kappa shape index (κ2) is 12.4. The Hall–Kier alpha value is -0.940. The zero-order valence-electron chi connectivity index (χ0n) is 15.7. The number of carbonyl (C=O) groups is 2. The molecule has 4 atom stereocenters. The molecule has 0 aromatic heterocycles. The molecule has 0 aromatic carbocycles. The second-order valence-corrected chi connectivity index (χ2v) is 7.58. The van der Waals surface area contributed by atoms with Crippen LogP contribution in [0.2, 0.25) is 0 Å². The second-order valence-electron chi connectivity index (χ2n) is 7.58. The zero-order chi connectivity index (χ0) is 18.7. The van der Waals surface area contributed by atoms with Crippen LogP contribution >= 0.6 is 0 Å². The number of unbranched alkanes of at least 4 members (excludes halogenated alkanes) is 5. The van der Waals surface area contributed by atoms with E-state index in [9.17, 15) is 19.8 Å². The fourth-order valence-corrected chi connectivity index (χ4v) is 3.94. The minimum absolute atomic E-state index is 0.0210. The number of rotatable bonds is 14. The van der Waals surface area contributed by atoms with E-state index in [1.807, 2.05) is 0 Å². The molecule has 1 unspecified atom stereocenters. The van der Waals surface area contributed by atoms with Gasteiger partial charge in [0, 0.05) is 18.8 Å². The van der Waals surface area contributed by atoms with Crippen molar-refractivity contribution < 1.29 is 24.9 Å². The summed E-state index contributed by atoms with van der Waals surface area (Å²) in [5.74, 6) is -0.708. The van der Waals surface area contributed by atoms with Gasteiger partial charge in [-0.1, -0.05) is 45.4 Å². The van der Waals surface area contributed by atoms with E-state index >= 15 is 0 Å². The zero-order valence-corrected chi connectivity index (χ0v) is 15.7. The standard InChI is InChI=1S/C20H36O5/c1-2-3-6-9-15(21)12-13-17-16(18(22)14-19(17)23)10-7-4-5-8-11-20(24)25/h15-17,19,21,23H,2-14H2,1H3,(H,24,25)/t15-,16-,17-,19?/m1/s1. The molecule has 5 nitrogen and oxygen atoms in total. The number of ketones is 1. The van der Waals surface area contributed by atoms with E-state index in [0.29, 0.717) is 19.3 Å². The lowest BCUT2D eigenvalue weighted by molar-refractivity contribution is -0.137. The van der Waals surface area contributed by atoms with Crippen molar-refractivity contribution in [1.82, 2.24) is 0 Å². The van der Waals surface area contributed by atoms with Crippen molar-refractivity contribution in [3.05, 3.63) is 0 Å². The first-order valence-electron chi connectivity index (χ1n) is 10.1. The number of hydrogen-bond donors (Lipinski definition) is 3. The summed E-state index contributed by atoms with van der Waals surface area (Å²) in [6.45, 7) is 2.14. The van der Waals surface area contributed by atoms with E-state index in [-0.39, 0.29) is 36.6 Å². The smallest absolute Gasteiger partial charge is 0.303 e. The van der Waals surface area contributed by atoms with Gasteiger partial charge in [0.15, 0.2) is 0 Å². The minimum Gasteiger partial charge on any atom is -0.481 e. The summed E-state index contributed by atoms with van der Waals surface area (Å²) in [4.78, 5) is 22.6. The van der Waals surface area contributed by atoms with Crippen LogP contribution in [0.25, 0.3) is 0 Å². The molecule has 0 heterocycles. The van der Waals surface area contributed by atoms with Gasteiger partial charge in [-0.2, -0.15) is 0 Å². The van der Waals surface area contributed by atoms with Gasteiger partial charge in [0.05, 0.1) is 12.2 Å². The molecule has 0 aliphatic heterocycles. The molecule has 25 heavy (non-hydrogen) atoms. The van der Waals surface area contributed by atoms with Gasteiger partial charge >= 0.3 is 5.97 Å². The highest BCUT2D eigenvalue weighted by Crippen LogP contribution is 2.36. The van der Waals surface area contributed by atoms with Crippen molar-refractivity contribution in [1.29, 1.82) is 0 Å². The SMILES string of the molecule is CCCCC[C@@H](O)CC[C@H]1C(O)CC(=O)[C@@H]1CCCCCCC(=O)O. The summed E-state index contributed by atoms with van der Waals surface area (Å²) >= 11 is 0. The maximum absolute atomic E-state index is 12.2. The molecule has 1 aliphatic carbocycles. The monoisotopic (exact) mass is 356 g/mol. The summed E-state index contributed by atoms with van der Waals surface area (Å²) < 4.78 is 0. The van der Waals surface area contributed by atoms with Crippen LogP contribution in [-0.4, -0.2) is 39.3 Å². The van der Waals surface area contributed by atoms with Crippen LogP contribution < -0.4 is 0 Å². The summed E-state index contributed by atoms with van der Waals surface area (Å²) in [5, 5.41) is 28.9. The topological polar surface area (TPSA) is 94.8 Å². The predicted molar refractivity (Wildman–Crippen MR) is 97.3 cm³/mol. The van der Waals surface area contributed by atoms with Crippen LogP contribution in [0.1, 0.15) is 90.4 Å². The van der Waals surface area contributed by atoms with Crippen molar-refractivity contribution >= 4 is 11.8 Å². The highest BCUT2D eigenvalue weighted by atomic mass is 16.4. The number of carboxylic acids is 1. The normalized spacial score (nSPS) is 24.6. The molecule has 3 N–H and O–H groups in total. The van der Waals surface area contributed by atoms with Crippen molar-refractivity contribution in [2.45, 2.75) is 103 Å². The highest BCUT2D eigenvalue weighted by Gasteiger charge is 2.40. The molecule has 1 fully saturated rings. The van der Waals surface area contributed by atoms with Crippen LogP contribution in [-0.2, 0) is 9.59 Å². The Bertz CT molecular complexity index is 396. The molecule has 0 saturated heterocycles. The highest BCUT2D eigenvalue weighted by molar-refractivity contribution is 5.84. The van der Waals surface area contributed by atoms with Crippen molar-refractivity contribution in [3.8, 4) is 0 Å². The molecular weight excluding hydrogens is 320 g/mol. The van der Waals surface area contributed by atoms with Crippen LogP contribution in [0.15, 0.2) is 0 Å². The third-order valence-electron chi connectivity index (χ3n) is 5.46. The third-order valence-corrected chi connectivity index (χ3v) is 5.46. The lowest BCUT2D eigenvalue weighted by atomic mass is 9.85. The predicted octanol–water partition coefficient (Wildman–Crippen LogP) is 3.70. The molecule has 0 amide bonds. The maximum atomic E-state index is 12.2. The summed E-state index contributed by atoms with van der Waals surface area (Å²) in [6, 6.07) is 0. The first-order chi connectivity index (χ1) is 12.0.